The lowest BCUT2D eigenvalue weighted by molar-refractivity contribution is 0.438. The summed E-state index contributed by atoms with van der Waals surface area (Å²) < 4.78 is 56.0. The number of aromatic nitrogens is 2. The highest BCUT2D eigenvalue weighted by Gasteiger charge is 2.19. The van der Waals surface area contributed by atoms with Gasteiger partial charge in [0.05, 0.1) is 9.73 Å². The molecule has 2 heterocycles. The number of nitrogens with one attached hydrogen (secondary N) is 2. The zero-order valence-electron chi connectivity index (χ0n) is 17.4. The van der Waals surface area contributed by atoms with Crippen LogP contribution in [0.3, 0.4) is 0 Å². The standard InChI is InChI=1S/C23H21F2N3O3S/c1-3-10-32(26,30)15-5-7-20(31-21-6-4-14(24)11-19(21)25)17(12-15)18-13-28(2)23(29)22-16(18)8-9-27-22/h4-9,11-13,26-27H,3,10H2,1-2H3. The molecule has 4 rings (SSSR count). The molecule has 9 heteroatoms. The normalized spacial score (nSPS) is 13.2. The highest BCUT2D eigenvalue weighted by molar-refractivity contribution is 7.92. The second-order valence-corrected chi connectivity index (χ2v) is 9.67. The largest absolute Gasteiger partial charge is 0.454 e. The summed E-state index contributed by atoms with van der Waals surface area (Å²) in [7, 11) is -1.46. The van der Waals surface area contributed by atoms with E-state index in [1.807, 2.05) is 6.92 Å². The quantitative estimate of drug-likeness (QED) is 0.405. The average Bonchev–Trinajstić information content (AvgIpc) is 3.23. The smallest absolute Gasteiger partial charge is 0.274 e. The van der Waals surface area contributed by atoms with Crippen LogP contribution in [-0.2, 0) is 16.8 Å². The third-order valence-electron chi connectivity index (χ3n) is 5.12. The van der Waals surface area contributed by atoms with Crippen LogP contribution in [-0.4, -0.2) is 19.5 Å². The first-order valence-corrected chi connectivity index (χ1v) is 11.6. The molecule has 0 saturated heterocycles. The predicted octanol–water partition coefficient (Wildman–Crippen LogP) is 5.42. The van der Waals surface area contributed by atoms with Gasteiger partial charge < -0.3 is 14.3 Å². The van der Waals surface area contributed by atoms with E-state index in [4.69, 9.17) is 9.52 Å². The number of rotatable bonds is 6. The van der Waals surface area contributed by atoms with Crippen molar-refractivity contribution in [1.29, 1.82) is 4.78 Å². The number of aryl methyl sites for hydroxylation is 1. The van der Waals surface area contributed by atoms with Gasteiger partial charge in [-0.05, 0) is 42.8 Å². The minimum atomic E-state index is -3.06. The molecule has 166 valence electrons. The second kappa shape index (κ2) is 8.23. The fourth-order valence-corrected chi connectivity index (χ4v) is 4.99. The van der Waals surface area contributed by atoms with E-state index in [-0.39, 0.29) is 22.8 Å². The molecule has 2 N–H and O–H groups in total. The summed E-state index contributed by atoms with van der Waals surface area (Å²) in [6.07, 6.45) is 3.81. The van der Waals surface area contributed by atoms with Crippen LogP contribution >= 0.6 is 0 Å². The van der Waals surface area contributed by atoms with Crippen LogP contribution < -0.4 is 10.3 Å². The van der Waals surface area contributed by atoms with Gasteiger partial charge >= 0.3 is 0 Å². The Morgan fingerprint density at radius 2 is 1.84 bits per heavy atom. The number of benzene rings is 2. The Hall–Kier alpha value is -3.46. The van der Waals surface area contributed by atoms with Gasteiger partial charge in [-0.2, -0.15) is 0 Å². The van der Waals surface area contributed by atoms with Gasteiger partial charge in [0.25, 0.3) is 5.56 Å². The number of ether oxygens (including phenoxy) is 1. The molecule has 0 amide bonds. The van der Waals surface area contributed by atoms with Crippen molar-refractivity contribution in [2.75, 3.05) is 5.75 Å². The lowest BCUT2D eigenvalue weighted by Gasteiger charge is -2.16. The molecular weight excluding hydrogens is 436 g/mol. The Labute approximate surface area is 183 Å². The van der Waals surface area contributed by atoms with Crippen LogP contribution in [0.25, 0.3) is 22.0 Å². The Kier molecular flexibility index (Phi) is 5.60. The summed E-state index contributed by atoms with van der Waals surface area (Å²) in [6, 6.07) is 9.32. The van der Waals surface area contributed by atoms with Gasteiger partial charge in [0.1, 0.15) is 17.1 Å². The van der Waals surface area contributed by atoms with Gasteiger partial charge in [0.2, 0.25) is 0 Å². The monoisotopic (exact) mass is 457 g/mol. The van der Waals surface area contributed by atoms with Crippen molar-refractivity contribution in [3.05, 3.63) is 76.8 Å². The highest BCUT2D eigenvalue weighted by Crippen LogP contribution is 2.39. The topological polar surface area (TPSA) is 87.9 Å². The van der Waals surface area contributed by atoms with Crippen LogP contribution in [0.4, 0.5) is 8.78 Å². The van der Waals surface area contributed by atoms with E-state index in [1.54, 1.807) is 31.6 Å². The van der Waals surface area contributed by atoms with Crippen LogP contribution in [0.1, 0.15) is 13.3 Å². The molecule has 0 radical (unpaired) electrons. The SMILES string of the molecule is CCCS(=N)(=O)c1ccc(Oc2ccc(F)cc2F)c(-c2cn(C)c(=O)c3[nH]ccc23)c1. The van der Waals surface area contributed by atoms with Gasteiger partial charge in [-0.15, -0.1) is 0 Å². The number of pyridine rings is 1. The first-order chi connectivity index (χ1) is 15.2. The maximum Gasteiger partial charge on any atom is 0.274 e. The number of nitrogens with zero attached hydrogens (tertiary/aromatic N) is 1. The number of aromatic amines is 1. The Morgan fingerprint density at radius 1 is 1.09 bits per heavy atom. The summed E-state index contributed by atoms with van der Waals surface area (Å²) in [5, 5.41) is 0.599. The maximum atomic E-state index is 14.3. The van der Waals surface area contributed by atoms with Crippen LogP contribution in [0.2, 0.25) is 0 Å². The number of hydrogen-bond acceptors (Lipinski definition) is 4. The van der Waals surface area contributed by atoms with Gasteiger partial charge in [0.15, 0.2) is 11.6 Å². The Morgan fingerprint density at radius 3 is 2.56 bits per heavy atom. The number of halogens is 2. The average molecular weight is 458 g/mol. The molecule has 0 aliphatic rings. The van der Waals surface area contributed by atoms with E-state index < -0.39 is 21.4 Å². The molecule has 4 aromatic rings. The zero-order chi connectivity index (χ0) is 23.0. The van der Waals surface area contributed by atoms with Crippen molar-refractivity contribution in [2.45, 2.75) is 18.2 Å². The zero-order valence-corrected chi connectivity index (χ0v) is 18.3. The van der Waals surface area contributed by atoms with Crippen LogP contribution in [0.15, 0.2) is 64.5 Å². The first kappa shape index (κ1) is 21.8. The van der Waals surface area contributed by atoms with E-state index in [0.29, 0.717) is 33.3 Å². The molecule has 0 spiro atoms. The van der Waals surface area contributed by atoms with Gasteiger partial charge in [0, 0.05) is 52.7 Å². The molecule has 32 heavy (non-hydrogen) atoms. The predicted molar refractivity (Wildman–Crippen MR) is 120 cm³/mol. The van der Waals surface area contributed by atoms with Crippen molar-refractivity contribution < 1.29 is 17.7 Å². The third kappa shape index (κ3) is 3.91. The van der Waals surface area contributed by atoms with Crippen molar-refractivity contribution in [3.8, 4) is 22.6 Å². The lowest BCUT2D eigenvalue weighted by atomic mass is 10.0. The molecule has 2 aromatic carbocycles. The fraction of sp³-hybridized carbons (Fsp3) is 0.174. The van der Waals surface area contributed by atoms with Crippen molar-refractivity contribution in [3.63, 3.8) is 0 Å². The summed E-state index contributed by atoms with van der Waals surface area (Å²) in [4.78, 5) is 15.7. The van der Waals surface area contributed by atoms with Crippen molar-refractivity contribution in [1.82, 2.24) is 9.55 Å². The van der Waals surface area contributed by atoms with Gasteiger partial charge in [-0.25, -0.2) is 17.8 Å². The van der Waals surface area contributed by atoms with Crippen LogP contribution in [0, 0.1) is 16.4 Å². The lowest BCUT2D eigenvalue weighted by Crippen LogP contribution is -2.16. The van der Waals surface area contributed by atoms with Crippen molar-refractivity contribution >= 4 is 20.6 Å². The second-order valence-electron chi connectivity index (χ2n) is 7.44. The molecule has 1 unspecified atom stereocenters. The maximum absolute atomic E-state index is 14.3. The molecule has 0 saturated carbocycles. The summed E-state index contributed by atoms with van der Waals surface area (Å²) in [5.74, 6) is -1.39. The molecule has 6 nitrogen and oxygen atoms in total. The first-order valence-electron chi connectivity index (χ1n) is 9.92. The third-order valence-corrected chi connectivity index (χ3v) is 7.12. The van der Waals surface area contributed by atoms with Gasteiger partial charge in [-0.1, -0.05) is 6.92 Å². The fourth-order valence-electron chi connectivity index (χ4n) is 3.58. The molecule has 1 atom stereocenters. The van der Waals surface area contributed by atoms with E-state index in [9.17, 15) is 17.8 Å². The molecular formula is C23H21F2N3O3S. The minimum Gasteiger partial charge on any atom is -0.454 e. The number of hydrogen-bond donors (Lipinski definition) is 2. The molecule has 0 aliphatic carbocycles. The molecule has 2 aromatic heterocycles. The number of fused-ring (bicyclic) bond motifs is 1. The van der Waals surface area contributed by atoms with E-state index in [1.165, 1.54) is 22.8 Å². The molecule has 0 bridgehead atoms. The highest BCUT2D eigenvalue weighted by atomic mass is 32.2. The van der Waals surface area contributed by atoms with E-state index in [0.717, 1.165) is 12.1 Å². The van der Waals surface area contributed by atoms with E-state index >= 15 is 0 Å². The summed E-state index contributed by atoms with van der Waals surface area (Å²) >= 11 is 0. The molecule has 0 fully saturated rings. The minimum absolute atomic E-state index is 0.185. The van der Waals surface area contributed by atoms with Crippen molar-refractivity contribution in [2.24, 2.45) is 7.05 Å². The van der Waals surface area contributed by atoms with E-state index in [2.05, 4.69) is 4.98 Å². The Balaban J connectivity index is 1.97. The Bertz CT molecular complexity index is 1490. The summed E-state index contributed by atoms with van der Waals surface area (Å²) in [5.41, 5.74) is 1.15. The molecule has 0 aliphatic heterocycles. The van der Waals surface area contributed by atoms with Crippen LogP contribution in [0.5, 0.6) is 11.5 Å². The van der Waals surface area contributed by atoms with Gasteiger partial charge in [-0.3, -0.25) is 4.79 Å². The summed E-state index contributed by atoms with van der Waals surface area (Å²) in [6.45, 7) is 1.85. The number of H-pyrrole nitrogens is 1.